The Bertz CT molecular complexity index is 524. The minimum absolute atomic E-state index is 0.0961. The van der Waals surface area contributed by atoms with Gasteiger partial charge < -0.3 is 9.57 Å². The maximum absolute atomic E-state index is 12.1. The van der Waals surface area contributed by atoms with Crippen molar-refractivity contribution in [3.05, 3.63) is 41.5 Å². The second kappa shape index (κ2) is 7.15. The van der Waals surface area contributed by atoms with E-state index in [9.17, 15) is 13.2 Å². The summed E-state index contributed by atoms with van der Waals surface area (Å²) < 4.78 is 40.1. The van der Waals surface area contributed by atoms with Crippen molar-refractivity contribution >= 4 is 6.21 Å². The first-order chi connectivity index (χ1) is 10.0. The van der Waals surface area contributed by atoms with Gasteiger partial charge in [0.15, 0.2) is 0 Å². The van der Waals surface area contributed by atoms with Crippen LogP contribution in [-0.4, -0.2) is 12.6 Å². The summed E-state index contributed by atoms with van der Waals surface area (Å²) in [4.78, 5) is 5.10. The lowest BCUT2D eigenvalue weighted by atomic mass is 10.0. The number of nitrogens with zero attached hydrogens (tertiary/aromatic N) is 1. The van der Waals surface area contributed by atoms with Crippen LogP contribution in [0.4, 0.5) is 13.2 Å². The normalized spacial score (nSPS) is 15.9. The molecule has 0 spiro atoms. The van der Waals surface area contributed by atoms with Crippen LogP contribution in [0.5, 0.6) is 5.75 Å². The molecule has 6 heteroatoms. The van der Waals surface area contributed by atoms with E-state index in [1.165, 1.54) is 24.6 Å². The molecule has 0 heterocycles. The molecule has 0 saturated carbocycles. The molecule has 0 N–H and O–H groups in total. The summed E-state index contributed by atoms with van der Waals surface area (Å²) in [6.45, 7) is 0.0961. The van der Waals surface area contributed by atoms with E-state index in [1.54, 1.807) is 12.3 Å². The van der Waals surface area contributed by atoms with Gasteiger partial charge in [0.25, 0.3) is 0 Å². The summed E-state index contributed by atoms with van der Waals surface area (Å²) in [6, 6.07) is 5.65. The number of benzene rings is 1. The number of alkyl halides is 3. The van der Waals surface area contributed by atoms with E-state index in [2.05, 4.69) is 16.0 Å². The zero-order chi connectivity index (χ0) is 15.1. The van der Waals surface area contributed by atoms with Crippen LogP contribution in [-0.2, 0) is 11.4 Å². The number of rotatable bonds is 5. The molecule has 0 fully saturated rings. The number of allylic oxidation sites excluding steroid dienone is 2. The fourth-order valence-electron chi connectivity index (χ4n) is 2.03. The minimum atomic E-state index is -4.69. The average molecular weight is 299 g/mol. The first kappa shape index (κ1) is 15.4. The van der Waals surface area contributed by atoms with Gasteiger partial charge in [-0.1, -0.05) is 23.4 Å². The van der Waals surface area contributed by atoms with Crippen LogP contribution >= 0.6 is 0 Å². The molecule has 1 aliphatic carbocycles. The molecular weight excluding hydrogens is 283 g/mol. The van der Waals surface area contributed by atoms with E-state index < -0.39 is 6.36 Å². The van der Waals surface area contributed by atoms with Gasteiger partial charge in [-0.05, 0) is 49.0 Å². The Kier molecular flexibility index (Phi) is 5.25. The lowest BCUT2D eigenvalue weighted by Gasteiger charge is -2.10. The zero-order valence-corrected chi connectivity index (χ0v) is 11.4. The molecule has 0 amide bonds. The van der Waals surface area contributed by atoms with E-state index in [0.717, 1.165) is 24.8 Å². The Labute approximate surface area is 121 Å². The quantitative estimate of drug-likeness (QED) is 0.588. The number of halogens is 3. The third-order valence-corrected chi connectivity index (χ3v) is 2.98. The topological polar surface area (TPSA) is 30.8 Å². The summed E-state index contributed by atoms with van der Waals surface area (Å²) in [5.74, 6) is -0.262. The fourth-order valence-corrected chi connectivity index (χ4v) is 2.03. The zero-order valence-electron chi connectivity index (χ0n) is 11.4. The van der Waals surface area contributed by atoms with Crippen LogP contribution in [0.3, 0.4) is 0 Å². The highest BCUT2D eigenvalue weighted by molar-refractivity contribution is 5.78. The standard InChI is InChI=1S/C15H16F3NO2/c16-15(17,18)21-14-8-4-7-13(9-14)11-20-19-10-12-5-2-1-3-6-12/h4-5,7-10H,1-3,6,11H2. The minimum Gasteiger partial charge on any atom is -0.406 e. The first-order valence-corrected chi connectivity index (χ1v) is 6.72. The second-order valence-electron chi connectivity index (χ2n) is 4.73. The van der Waals surface area contributed by atoms with Crippen molar-refractivity contribution in [2.24, 2.45) is 5.16 Å². The third kappa shape index (κ3) is 5.89. The molecule has 0 unspecified atom stereocenters. The molecule has 0 atom stereocenters. The van der Waals surface area contributed by atoms with Gasteiger partial charge in [-0.3, -0.25) is 0 Å². The van der Waals surface area contributed by atoms with Gasteiger partial charge in [0, 0.05) is 0 Å². The van der Waals surface area contributed by atoms with Crippen molar-refractivity contribution in [1.82, 2.24) is 0 Å². The second-order valence-corrected chi connectivity index (χ2v) is 4.73. The maximum Gasteiger partial charge on any atom is 0.573 e. The highest BCUT2D eigenvalue weighted by Crippen LogP contribution is 2.23. The maximum atomic E-state index is 12.1. The van der Waals surface area contributed by atoms with Gasteiger partial charge >= 0.3 is 6.36 Å². The van der Waals surface area contributed by atoms with Crippen LogP contribution in [0.15, 0.2) is 41.1 Å². The van der Waals surface area contributed by atoms with Gasteiger partial charge in [-0.2, -0.15) is 0 Å². The van der Waals surface area contributed by atoms with E-state index in [0.29, 0.717) is 5.56 Å². The lowest BCUT2D eigenvalue weighted by Crippen LogP contribution is -2.17. The summed E-state index contributed by atoms with van der Waals surface area (Å²) in [5, 5.41) is 3.84. The summed E-state index contributed by atoms with van der Waals surface area (Å²) in [7, 11) is 0. The number of oxime groups is 1. The van der Waals surface area contributed by atoms with Crippen molar-refractivity contribution in [2.45, 2.75) is 38.7 Å². The van der Waals surface area contributed by atoms with Crippen LogP contribution in [0.2, 0.25) is 0 Å². The molecule has 0 aromatic heterocycles. The van der Waals surface area contributed by atoms with Crippen molar-refractivity contribution in [1.29, 1.82) is 0 Å². The predicted octanol–water partition coefficient (Wildman–Crippen LogP) is 4.59. The Morgan fingerprint density at radius 2 is 2.10 bits per heavy atom. The summed E-state index contributed by atoms with van der Waals surface area (Å²) in [6.07, 6.45) is 3.48. The smallest absolute Gasteiger partial charge is 0.406 e. The summed E-state index contributed by atoms with van der Waals surface area (Å²) in [5.41, 5.74) is 1.70. The first-order valence-electron chi connectivity index (χ1n) is 6.72. The fraction of sp³-hybridized carbons (Fsp3) is 0.400. The Hall–Kier alpha value is -1.98. The van der Waals surface area contributed by atoms with Gasteiger partial charge in [-0.15, -0.1) is 13.2 Å². The Morgan fingerprint density at radius 1 is 1.24 bits per heavy atom. The van der Waals surface area contributed by atoms with Crippen LogP contribution < -0.4 is 4.74 Å². The van der Waals surface area contributed by atoms with Crippen molar-refractivity contribution in [3.63, 3.8) is 0 Å². The largest absolute Gasteiger partial charge is 0.573 e. The predicted molar refractivity (Wildman–Crippen MR) is 73.0 cm³/mol. The van der Waals surface area contributed by atoms with Crippen LogP contribution in [0.1, 0.15) is 31.2 Å². The molecule has 0 saturated heterocycles. The van der Waals surface area contributed by atoms with E-state index >= 15 is 0 Å². The molecule has 3 nitrogen and oxygen atoms in total. The monoisotopic (exact) mass is 299 g/mol. The van der Waals surface area contributed by atoms with Gasteiger partial charge in [0.05, 0.1) is 6.21 Å². The molecule has 21 heavy (non-hydrogen) atoms. The molecule has 114 valence electrons. The molecule has 0 bridgehead atoms. The molecule has 0 aliphatic heterocycles. The van der Waals surface area contributed by atoms with Crippen molar-refractivity contribution < 1.29 is 22.7 Å². The van der Waals surface area contributed by atoms with Gasteiger partial charge in [-0.25, -0.2) is 0 Å². The van der Waals surface area contributed by atoms with Gasteiger partial charge in [0.1, 0.15) is 12.4 Å². The molecule has 1 aromatic rings. The Balaban J connectivity index is 1.84. The van der Waals surface area contributed by atoms with Crippen molar-refractivity contribution in [2.75, 3.05) is 0 Å². The summed E-state index contributed by atoms with van der Waals surface area (Å²) >= 11 is 0. The van der Waals surface area contributed by atoms with E-state index in [1.807, 2.05) is 0 Å². The third-order valence-electron chi connectivity index (χ3n) is 2.98. The van der Waals surface area contributed by atoms with E-state index in [-0.39, 0.29) is 12.4 Å². The SMILES string of the molecule is FC(F)(F)Oc1cccc(CON=CC2=CCCCC2)c1. The lowest BCUT2D eigenvalue weighted by molar-refractivity contribution is -0.274. The number of ether oxygens (including phenoxy) is 1. The van der Waals surface area contributed by atoms with Gasteiger partial charge in [0.2, 0.25) is 0 Å². The van der Waals surface area contributed by atoms with Crippen LogP contribution in [0, 0.1) is 0 Å². The van der Waals surface area contributed by atoms with Crippen molar-refractivity contribution in [3.8, 4) is 5.75 Å². The molecule has 1 aromatic carbocycles. The molecule has 0 radical (unpaired) electrons. The highest BCUT2D eigenvalue weighted by Gasteiger charge is 2.31. The number of hydrogen-bond acceptors (Lipinski definition) is 3. The molecular formula is C15H16F3NO2. The Morgan fingerprint density at radius 3 is 2.81 bits per heavy atom. The number of hydrogen-bond donors (Lipinski definition) is 0. The van der Waals surface area contributed by atoms with E-state index in [4.69, 9.17) is 4.84 Å². The average Bonchev–Trinajstić information content (AvgIpc) is 2.43. The highest BCUT2D eigenvalue weighted by atomic mass is 19.4. The van der Waals surface area contributed by atoms with Crippen LogP contribution in [0.25, 0.3) is 0 Å². The molecule has 1 aliphatic rings. The molecule has 2 rings (SSSR count).